The Morgan fingerprint density at radius 1 is 1.26 bits per heavy atom. The molecule has 0 spiro atoms. The maximum atomic E-state index is 12.2. The molecule has 2 rings (SSSR count). The van der Waals surface area contributed by atoms with Gasteiger partial charge in [0.25, 0.3) is 0 Å². The highest BCUT2D eigenvalue weighted by Crippen LogP contribution is 2.25. The average molecular weight is 289 g/mol. The molecule has 0 aromatic rings. The van der Waals surface area contributed by atoms with Gasteiger partial charge < -0.3 is 4.74 Å². The molecule has 110 valence electrons. The molecule has 2 aliphatic rings. The Morgan fingerprint density at radius 2 is 1.95 bits per heavy atom. The Morgan fingerprint density at radius 3 is 2.58 bits per heavy atom. The van der Waals surface area contributed by atoms with Crippen molar-refractivity contribution < 1.29 is 17.9 Å². The zero-order valence-electron chi connectivity index (χ0n) is 11.5. The van der Waals surface area contributed by atoms with Crippen molar-refractivity contribution in [3.05, 3.63) is 0 Å². The van der Waals surface area contributed by atoms with Crippen molar-refractivity contribution in [2.24, 2.45) is 11.8 Å². The Labute approximate surface area is 115 Å². The van der Waals surface area contributed by atoms with Crippen LogP contribution < -0.4 is 0 Å². The number of nitrogens with zero attached hydrogens (tertiary/aromatic N) is 1. The summed E-state index contributed by atoms with van der Waals surface area (Å²) in [5, 5.41) is 0. The maximum Gasteiger partial charge on any atom is 0.211 e. The van der Waals surface area contributed by atoms with Gasteiger partial charge in [-0.3, -0.25) is 4.79 Å². The lowest BCUT2D eigenvalue weighted by Gasteiger charge is -2.31. The van der Waals surface area contributed by atoms with E-state index in [0.717, 1.165) is 25.7 Å². The highest BCUT2D eigenvalue weighted by atomic mass is 32.2. The molecule has 0 bridgehead atoms. The van der Waals surface area contributed by atoms with Gasteiger partial charge in [0.15, 0.2) is 0 Å². The second-order valence-corrected chi connectivity index (χ2v) is 7.67. The number of ketones is 1. The van der Waals surface area contributed by atoms with E-state index in [1.54, 1.807) is 0 Å². The predicted octanol–water partition coefficient (Wildman–Crippen LogP) is 1.04. The third kappa shape index (κ3) is 4.26. The SMILES string of the molecule is CS(=O)(=O)N1CCCC(CC(=O)C2CCOCC2)C1. The second kappa shape index (κ2) is 6.33. The third-order valence-electron chi connectivity index (χ3n) is 4.12. The number of ether oxygens (including phenoxy) is 1. The van der Waals surface area contributed by atoms with E-state index in [1.807, 2.05) is 0 Å². The third-order valence-corrected chi connectivity index (χ3v) is 5.39. The van der Waals surface area contributed by atoms with Crippen LogP contribution in [0.25, 0.3) is 0 Å². The minimum absolute atomic E-state index is 0.127. The van der Waals surface area contributed by atoms with Crippen LogP contribution in [0.2, 0.25) is 0 Å². The van der Waals surface area contributed by atoms with Crippen LogP contribution >= 0.6 is 0 Å². The van der Waals surface area contributed by atoms with E-state index >= 15 is 0 Å². The molecule has 0 N–H and O–H groups in total. The normalized spacial score (nSPS) is 27.3. The molecular weight excluding hydrogens is 266 g/mol. The fourth-order valence-corrected chi connectivity index (χ4v) is 3.91. The van der Waals surface area contributed by atoms with Crippen LogP contribution in [0.15, 0.2) is 0 Å². The summed E-state index contributed by atoms with van der Waals surface area (Å²) in [4.78, 5) is 12.2. The van der Waals surface area contributed by atoms with Gasteiger partial charge in [-0.1, -0.05) is 0 Å². The fraction of sp³-hybridized carbons (Fsp3) is 0.923. The van der Waals surface area contributed by atoms with E-state index in [-0.39, 0.29) is 11.8 Å². The molecule has 2 saturated heterocycles. The van der Waals surface area contributed by atoms with Gasteiger partial charge in [0, 0.05) is 38.6 Å². The highest BCUT2D eigenvalue weighted by molar-refractivity contribution is 7.88. The van der Waals surface area contributed by atoms with E-state index in [1.165, 1.54) is 10.6 Å². The molecule has 0 aliphatic carbocycles. The number of carbonyl (C=O) groups excluding carboxylic acids is 1. The zero-order chi connectivity index (χ0) is 13.9. The lowest BCUT2D eigenvalue weighted by atomic mass is 9.86. The zero-order valence-corrected chi connectivity index (χ0v) is 12.3. The van der Waals surface area contributed by atoms with Crippen LogP contribution in [0.1, 0.15) is 32.1 Å². The summed E-state index contributed by atoms with van der Waals surface area (Å²) in [7, 11) is -3.12. The molecular formula is C13H23NO4S. The topological polar surface area (TPSA) is 63.7 Å². The Balaban J connectivity index is 1.86. The van der Waals surface area contributed by atoms with E-state index in [9.17, 15) is 13.2 Å². The van der Waals surface area contributed by atoms with Gasteiger partial charge in [-0.25, -0.2) is 12.7 Å². The summed E-state index contributed by atoms with van der Waals surface area (Å²) < 4.78 is 29.9. The van der Waals surface area contributed by atoms with Crippen LogP contribution in [0.4, 0.5) is 0 Å². The second-order valence-electron chi connectivity index (χ2n) is 5.69. The van der Waals surface area contributed by atoms with E-state index < -0.39 is 10.0 Å². The van der Waals surface area contributed by atoms with Gasteiger partial charge in [-0.2, -0.15) is 0 Å². The van der Waals surface area contributed by atoms with Gasteiger partial charge in [-0.15, -0.1) is 0 Å². The van der Waals surface area contributed by atoms with Crippen LogP contribution in [-0.4, -0.2) is 51.1 Å². The molecule has 2 aliphatic heterocycles. The smallest absolute Gasteiger partial charge is 0.211 e. The van der Waals surface area contributed by atoms with Crippen LogP contribution in [0.5, 0.6) is 0 Å². The summed E-state index contributed by atoms with van der Waals surface area (Å²) >= 11 is 0. The number of Topliss-reactive ketones (excluding diaryl/α,β-unsaturated/α-hetero) is 1. The summed E-state index contributed by atoms with van der Waals surface area (Å²) in [6, 6.07) is 0. The first kappa shape index (κ1) is 14.9. The van der Waals surface area contributed by atoms with Gasteiger partial charge in [0.1, 0.15) is 5.78 Å². The highest BCUT2D eigenvalue weighted by Gasteiger charge is 2.29. The Bertz CT molecular complexity index is 414. The number of piperidine rings is 1. The molecule has 5 nitrogen and oxygen atoms in total. The summed E-state index contributed by atoms with van der Waals surface area (Å²) in [5.41, 5.74) is 0. The number of hydrogen-bond donors (Lipinski definition) is 0. The van der Waals surface area contributed by atoms with Gasteiger partial charge in [0.2, 0.25) is 10.0 Å². The first-order valence-corrected chi connectivity index (χ1v) is 8.87. The van der Waals surface area contributed by atoms with Crippen molar-refractivity contribution in [2.45, 2.75) is 32.1 Å². The molecule has 0 radical (unpaired) electrons. The van der Waals surface area contributed by atoms with Crippen molar-refractivity contribution in [3.8, 4) is 0 Å². The molecule has 1 unspecified atom stereocenters. The van der Waals surface area contributed by atoms with Crippen LogP contribution in [0, 0.1) is 11.8 Å². The average Bonchev–Trinajstić information content (AvgIpc) is 2.39. The first-order valence-electron chi connectivity index (χ1n) is 7.02. The molecule has 2 heterocycles. The minimum atomic E-state index is -3.12. The largest absolute Gasteiger partial charge is 0.381 e. The molecule has 0 aromatic heterocycles. The van der Waals surface area contributed by atoms with E-state index in [2.05, 4.69) is 0 Å². The van der Waals surface area contributed by atoms with Crippen molar-refractivity contribution in [1.29, 1.82) is 0 Å². The maximum absolute atomic E-state index is 12.2. The molecule has 0 amide bonds. The predicted molar refractivity (Wildman–Crippen MR) is 72.3 cm³/mol. The standard InChI is InChI=1S/C13H23NO4S/c1-19(16,17)14-6-2-3-11(10-14)9-13(15)12-4-7-18-8-5-12/h11-12H,2-10H2,1H3. The lowest BCUT2D eigenvalue weighted by molar-refractivity contribution is -0.126. The number of rotatable bonds is 4. The van der Waals surface area contributed by atoms with Crippen molar-refractivity contribution in [1.82, 2.24) is 4.31 Å². The summed E-state index contributed by atoms with van der Waals surface area (Å²) in [6.45, 7) is 2.46. The monoisotopic (exact) mass is 289 g/mol. The molecule has 0 saturated carbocycles. The number of hydrogen-bond acceptors (Lipinski definition) is 4. The quantitative estimate of drug-likeness (QED) is 0.776. The van der Waals surface area contributed by atoms with Gasteiger partial charge in [-0.05, 0) is 31.6 Å². The number of sulfonamides is 1. The fourth-order valence-electron chi connectivity index (χ4n) is 2.97. The van der Waals surface area contributed by atoms with Gasteiger partial charge >= 0.3 is 0 Å². The van der Waals surface area contributed by atoms with E-state index in [0.29, 0.717) is 38.5 Å². The minimum Gasteiger partial charge on any atom is -0.381 e. The molecule has 2 fully saturated rings. The molecule has 1 atom stereocenters. The van der Waals surface area contributed by atoms with Gasteiger partial charge in [0.05, 0.1) is 6.26 Å². The van der Waals surface area contributed by atoms with Crippen molar-refractivity contribution >= 4 is 15.8 Å². The van der Waals surface area contributed by atoms with Crippen LogP contribution in [0.3, 0.4) is 0 Å². The number of carbonyl (C=O) groups is 1. The summed E-state index contributed by atoms with van der Waals surface area (Å²) in [5.74, 6) is 0.616. The molecule has 6 heteroatoms. The molecule has 19 heavy (non-hydrogen) atoms. The Hall–Kier alpha value is -0.460. The van der Waals surface area contributed by atoms with Crippen molar-refractivity contribution in [2.75, 3.05) is 32.6 Å². The van der Waals surface area contributed by atoms with Crippen molar-refractivity contribution in [3.63, 3.8) is 0 Å². The first-order chi connectivity index (χ1) is 8.97. The lowest BCUT2D eigenvalue weighted by Crippen LogP contribution is -2.40. The summed E-state index contributed by atoms with van der Waals surface area (Å²) in [6.07, 6.45) is 5.23. The Kier molecular flexibility index (Phi) is 4.97. The van der Waals surface area contributed by atoms with E-state index in [4.69, 9.17) is 4.74 Å². The van der Waals surface area contributed by atoms with Crippen LogP contribution in [-0.2, 0) is 19.6 Å². The molecule has 0 aromatic carbocycles.